The van der Waals surface area contributed by atoms with E-state index >= 15 is 0 Å². The van der Waals surface area contributed by atoms with Crippen LogP contribution in [0.25, 0.3) is 0 Å². The van der Waals surface area contributed by atoms with Crippen LogP contribution in [0, 0.1) is 0 Å². The van der Waals surface area contributed by atoms with Gasteiger partial charge in [0, 0.05) is 24.8 Å². The summed E-state index contributed by atoms with van der Waals surface area (Å²) >= 11 is 0. The van der Waals surface area contributed by atoms with Crippen LogP contribution in [0.15, 0.2) is 29.2 Å². The van der Waals surface area contributed by atoms with E-state index in [-0.39, 0.29) is 10.4 Å². The Balaban J connectivity index is 3.08. The van der Waals surface area contributed by atoms with E-state index < -0.39 is 15.6 Å². The van der Waals surface area contributed by atoms with Gasteiger partial charge in [-0.1, -0.05) is 0 Å². The van der Waals surface area contributed by atoms with Gasteiger partial charge >= 0.3 is 5.76 Å². The number of anilines is 1. The Morgan fingerprint density at radius 2 is 1.74 bits per heavy atom. The van der Waals surface area contributed by atoms with E-state index in [1.807, 2.05) is 25.8 Å². The van der Waals surface area contributed by atoms with E-state index in [0.717, 1.165) is 0 Å². The zero-order valence-electron chi connectivity index (χ0n) is 11.1. The first-order valence-corrected chi connectivity index (χ1v) is 7.23. The molecule has 0 heterocycles. The van der Waals surface area contributed by atoms with Crippen molar-refractivity contribution in [2.24, 2.45) is 5.73 Å². The molecule has 19 heavy (non-hydrogen) atoms. The Kier molecular flexibility index (Phi) is 4.52. The Hall–Kier alpha value is -1.21. The van der Waals surface area contributed by atoms with Gasteiger partial charge < -0.3 is 10.6 Å². The minimum Gasteiger partial charge on any atom is -0.368 e. The van der Waals surface area contributed by atoms with Crippen LogP contribution < -0.4 is 10.6 Å². The number of sulfone groups is 1. The molecule has 0 atom stereocenters. The van der Waals surface area contributed by atoms with Gasteiger partial charge in [-0.3, -0.25) is 0 Å². The van der Waals surface area contributed by atoms with Crippen molar-refractivity contribution in [2.45, 2.75) is 30.0 Å². The van der Waals surface area contributed by atoms with Crippen molar-refractivity contribution in [2.75, 3.05) is 18.5 Å². The van der Waals surface area contributed by atoms with Crippen LogP contribution in [0.3, 0.4) is 0 Å². The topological polar surface area (TPSA) is 63.4 Å². The molecule has 0 fully saturated rings. The first-order valence-electron chi connectivity index (χ1n) is 5.69. The molecule has 108 valence electrons. The average molecular weight is 292 g/mol. The number of nitrogens with zero attached hydrogens (tertiary/aromatic N) is 1. The molecule has 0 saturated carbocycles. The molecule has 0 saturated heterocycles. The molecule has 0 aromatic heterocycles. The van der Waals surface area contributed by atoms with Gasteiger partial charge in [0.1, 0.15) is 0 Å². The van der Waals surface area contributed by atoms with E-state index in [9.17, 15) is 17.2 Å². The Bertz CT molecular complexity index is 527. The van der Waals surface area contributed by atoms with Gasteiger partial charge in [-0.2, -0.15) is 8.78 Å². The van der Waals surface area contributed by atoms with Gasteiger partial charge in [0.05, 0.1) is 4.90 Å². The van der Waals surface area contributed by atoms with Gasteiger partial charge in [-0.25, -0.2) is 8.42 Å². The van der Waals surface area contributed by atoms with Crippen LogP contribution in [0.5, 0.6) is 0 Å². The molecule has 0 aliphatic carbocycles. The first kappa shape index (κ1) is 15.8. The molecule has 0 amide bonds. The molecule has 0 unspecified atom stereocenters. The fourth-order valence-corrected chi connectivity index (χ4v) is 2.17. The van der Waals surface area contributed by atoms with Crippen molar-refractivity contribution >= 4 is 15.5 Å². The Morgan fingerprint density at radius 1 is 1.26 bits per heavy atom. The van der Waals surface area contributed by atoms with Crippen LogP contribution in [0.1, 0.15) is 13.8 Å². The number of benzene rings is 1. The molecule has 7 heteroatoms. The standard InChI is InChI=1S/C12H18F2N2O2S/c1-12(2,8-15)16(3)9-4-6-10(7-5-9)19(17,18)11(13)14/h4-7,11H,8,15H2,1-3H3. The molecule has 0 radical (unpaired) electrons. The normalized spacial score (nSPS) is 12.8. The first-order chi connectivity index (χ1) is 8.63. The summed E-state index contributed by atoms with van der Waals surface area (Å²) in [6.45, 7) is 4.26. The highest BCUT2D eigenvalue weighted by Crippen LogP contribution is 2.25. The molecule has 0 spiro atoms. The minimum absolute atomic E-state index is 0.316. The highest BCUT2D eigenvalue weighted by molar-refractivity contribution is 7.91. The molecule has 0 aliphatic rings. The zero-order valence-corrected chi connectivity index (χ0v) is 11.9. The van der Waals surface area contributed by atoms with E-state index in [1.165, 1.54) is 24.3 Å². The van der Waals surface area contributed by atoms with Crippen molar-refractivity contribution in [1.82, 2.24) is 0 Å². The monoisotopic (exact) mass is 292 g/mol. The van der Waals surface area contributed by atoms with E-state index in [0.29, 0.717) is 12.2 Å². The number of alkyl halides is 2. The number of nitrogens with two attached hydrogens (primary N) is 1. The van der Waals surface area contributed by atoms with Crippen LogP contribution in [-0.2, 0) is 9.84 Å². The SMILES string of the molecule is CN(c1ccc(S(=O)(=O)C(F)F)cc1)C(C)(C)CN. The van der Waals surface area contributed by atoms with Crippen molar-refractivity contribution in [3.63, 3.8) is 0 Å². The maximum absolute atomic E-state index is 12.4. The highest BCUT2D eigenvalue weighted by atomic mass is 32.2. The van der Waals surface area contributed by atoms with E-state index in [2.05, 4.69) is 0 Å². The second-order valence-corrected chi connectivity index (χ2v) is 6.79. The summed E-state index contributed by atoms with van der Waals surface area (Å²) in [4.78, 5) is 1.48. The fraction of sp³-hybridized carbons (Fsp3) is 0.500. The second kappa shape index (κ2) is 5.42. The van der Waals surface area contributed by atoms with Gasteiger partial charge in [0.25, 0.3) is 0 Å². The van der Waals surface area contributed by atoms with Crippen molar-refractivity contribution in [1.29, 1.82) is 0 Å². The predicted molar refractivity (Wildman–Crippen MR) is 71.2 cm³/mol. The quantitative estimate of drug-likeness (QED) is 0.899. The maximum atomic E-state index is 12.4. The molecular formula is C12H18F2N2O2S. The van der Waals surface area contributed by atoms with Crippen molar-refractivity contribution < 1.29 is 17.2 Å². The van der Waals surface area contributed by atoms with Crippen molar-refractivity contribution in [3.05, 3.63) is 24.3 Å². The third-order valence-electron chi connectivity index (χ3n) is 3.19. The van der Waals surface area contributed by atoms with Crippen LogP contribution in [0.2, 0.25) is 0 Å². The highest BCUT2D eigenvalue weighted by Gasteiger charge is 2.27. The molecule has 4 nitrogen and oxygen atoms in total. The number of hydrogen-bond donors (Lipinski definition) is 1. The van der Waals surface area contributed by atoms with Gasteiger partial charge in [-0.05, 0) is 38.1 Å². The third kappa shape index (κ3) is 3.22. The molecule has 0 bridgehead atoms. The molecule has 2 N–H and O–H groups in total. The summed E-state index contributed by atoms with van der Waals surface area (Å²) in [6, 6.07) is 5.35. The van der Waals surface area contributed by atoms with Crippen molar-refractivity contribution in [3.8, 4) is 0 Å². The van der Waals surface area contributed by atoms with E-state index in [1.54, 1.807) is 0 Å². The largest absolute Gasteiger partial charge is 0.368 e. The smallest absolute Gasteiger partial charge is 0.341 e. The summed E-state index contributed by atoms with van der Waals surface area (Å²) in [5.41, 5.74) is 6.04. The Morgan fingerprint density at radius 3 is 2.11 bits per heavy atom. The Labute approximate surface area is 112 Å². The number of hydrogen-bond acceptors (Lipinski definition) is 4. The van der Waals surface area contributed by atoms with E-state index in [4.69, 9.17) is 5.73 Å². The summed E-state index contributed by atoms with van der Waals surface area (Å²) in [5.74, 6) is -3.41. The van der Waals surface area contributed by atoms with Crippen LogP contribution in [0.4, 0.5) is 14.5 Å². The lowest BCUT2D eigenvalue weighted by Gasteiger charge is -2.36. The molecule has 1 aromatic rings. The van der Waals surface area contributed by atoms with Gasteiger partial charge in [0.15, 0.2) is 0 Å². The summed E-state index contributed by atoms with van der Waals surface area (Å²) in [5, 5.41) is 0. The lowest BCUT2D eigenvalue weighted by Crippen LogP contribution is -2.47. The molecule has 1 aromatic carbocycles. The maximum Gasteiger partial charge on any atom is 0.341 e. The number of likely N-dealkylation sites (N-methyl/N-ethyl adjacent to an activating group) is 1. The molecule has 0 aliphatic heterocycles. The fourth-order valence-electron chi connectivity index (χ4n) is 1.45. The van der Waals surface area contributed by atoms with Gasteiger partial charge in [0.2, 0.25) is 9.84 Å². The van der Waals surface area contributed by atoms with Crippen LogP contribution >= 0.6 is 0 Å². The lowest BCUT2D eigenvalue weighted by atomic mass is 10.0. The summed E-state index contributed by atoms with van der Waals surface area (Å²) < 4.78 is 47.3. The van der Waals surface area contributed by atoms with Crippen LogP contribution in [-0.4, -0.2) is 33.3 Å². The molecule has 1 rings (SSSR count). The molecular weight excluding hydrogens is 274 g/mol. The predicted octanol–water partition coefficient (Wildman–Crippen LogP) is 1.86. The average Bonchev–Trinajstić information content (AvgIpc) is 2.37. The minimum atomic E-state index is -4.54. The second-order valence-electron chi connectivity index (χ2n) is 4.88. The number of rotatable bonds is 5. The lowest BCUT2D eigenvalue weighted by molar-refractivity contribution is 0.234. The van der Waals surface area contributed by atoms with Gasteiger partial charge in [-0.15, -0.1) is 0 Å². The number of halogens is 2. The zero-order chi connectivity index (χ0) is 14.8. The summed E-state index contributed by atoms with van der Waals surface area (Å²) in [7, 11) is -2.73. The summed E-state index contributed by atoms with van der Waals surface area (Å²) in [6.07, 6.45) is 0. The third-order valence-corrected chi connectivity index (χ3v) is 4.59.